The maximum absolute atomic E-state index is 13.5. The third kappa shape index (κ3) is 3.75. The first-order valence-corrected chi connectivity index (χ1v) is 6.96. The Morgan fingerprint density at radius 2 is 2.05 bits per heavy atom. The van der Waals surface area contributed by atoms with E-state index in [1.54, 1.807) is 0 Å². The van der Waals surface area contributed by atoms with E-state index in [1.807, 2.05) is 0 Å². The van der Waals surface area contributed by atoms with Crippen LogP contribution in [-0.4, -0.2) is 17.4 Å². The third-order valence-electron chi connectivity index (χ3n) is 3.96. The molecule has 0 saturated heterocycles. The molecule has 1 aromatic carbocycles. The highest BCUT2D eigenvalue weighted by atomic mass is 19.1. The summed E-state index contributed by atoms with van der Waals surface area (Å²) >= 11 is 0. The molecule has 1 saturated carbocycles. The molecule has 6 nitrogen and oxygen atoms in total. The summed E-state index contributed by atoms with van der Waals surface area (Å²) in [7, 11) is 0. The Bertz CT molecular complexity index is 542. The zero-order valence-corrected chi connectivity index (χ0v) is 11.5. The molecule has 0 bridgehead atoms. The summed E-state index contributed by atoms with van der Waals surface area (Å²) in [6, 6.07) is 3.36. The molecule has 0 atom stereocenters. The van der Waals surface area contributed by atoms with Crippen molar-refractivity contribution in [1.82, 2.24) is 0 Å². The molecule has 0 aromatic heterocycles. The first-order chi connectivity index (χ1) is 10.0. The van der Waals surface area contributed by atoms with Crippen LogP contribution in [0.4, 0.5) is 15.8 Å². The van der Waals surface area contributed by atoms with E-state index in [2.05, 4.69) is 5.32 Å². The Kier molecular flexibility index (Phi) is 4.85. The third-order valence-corrected chi connectivity index (χ3v) is 3.96. The van der Waals surface area contributed by atoms with E-state index >= 15 is 0 Å². The standard InChI is InChI=1S/C14H18FN3O3/c15-12-7-11(5-6-13(12)18(20)21)17-14(19)10-3-1-9(8-16)2-4-10/h5-7,9-10H,1-4,8,16H2,(H,17,19). The fraction of sp³-hybridized carbons (Fsp3) is 0.500. The molecule has 0 radical (unpaired) electrons. The second-order valence-electron chi connectivity index (χ2n) is 5.37. The van der Waals surface area contributed by atoms with Crippen LogP contribution in [0.2, 0.25) is 0 Å². The second-order valence-corrected chi connectivity index (χ2v) is 5.37. The van der Waals surface area contributed by atoms with Crippen LogP contribution < -0.4 is 11.1 Å². The summed E-state index contributed by atoms with van der Waals surface area (Å²) in [6.07, 6.45) is 3.37. The van der Waals surface area contributed by atoms with Crippen molar-refractivity contribution in [1.29, 1.82) is 0 Å². The number of nitrogens with one attached hydrogen (secondary N) is 1. The van der Waals surface area contributed by atoms with Crippen molar-refractivity contribution >= 4 is 17.3 Å². The van der Waals surface area contributed by atoms with Gasteiger partial charge < -0.3 is 11.1 Å². The average molecular weight is 295 g/mol. The molecule has 1 aliphatic rings. The van der Waals surface area contributed by atoms with Crippen molar-refractivity contribution in [3.05, 3.63) is 34.1 Å². The number of nitro groups is 1. The molecule has 1 fully saturated rings. The predicted octanol–water partition coefficient (Wildman–Crippen LogP) is 2.44. The van der Waals surface area contributed by atoms with Gasteiger partial charge in [0.2, 0.25) is 11.7 Å². The van der Waals surface area contributed by atoms with Crippen molar-refractivity contribution < 1.29 is 14.1 Å². The van der Waals surface area contributed by atoms with E-state index in [-0.39, 0.29) is 17.5 Å². The smallest absolute Gasteiger partial charge is 0.304 e. The molecular formula is C14H18FN3O3. The Morgan fingerprint density at radius 3 is 2.57 bits per heavy atom. The molecule has 0 unspecified atom stereocenters. The Labute approximate surface area is 121 Å². The topological polar surface area (TPSA) is 98.3 Å². The highest BCUT2D eigenvalue weighted by Crippen LogP contribution is 2.29. The van der Waals surface area contributed by atoms with Crippen LogP contribution in [0.1, 0.15) is 25.7 Å². The van der Waals surface area contributed by atoms with Crippen LogP contribution in [0.15, 0.2) is 18.2 Å². The van der Waals surface area contributed by atoms with Gasteiger partial charge in [-0.15, -0.1) is 0 Å². The number of hydrogen-bond donors (Lipinski definition) is 2. The fourth-order valence-corrected chi connectivity index (χ4v) is 2.64. The molecule has 0 spiro atoms. The number of nitrogens with two attached hydrogens (primary N) is 1. The van der Waals surface area contributed by atoms with Gasteiger partial charge >= 0.3 is 5.69 Å². The number of halogens is 1. The number of nitrogens with zero attached hydrogens (tertiary/aromatic N) is 1. The van der Waals surface area contributed by atoms with Gasteiger partial charge in [0.1, 0.15) is 0 Å². The van der Waals surface area contributed by atoms with Gasteiger partial charge in [-0.3, -0.25) is 14.9 Å². The van der Waals surface area contributed by atoms with E-state index in [9.17, 15) is 19.3 Å². The van der Waals surface area contributed by atoms with Crippen molar-refractivity contribution in [3.63, 3.8) is 0 Å². The van der Waals surface area contributed by atoms with Gasteiger partial charge in [0.15, 0.2) is 0 Å². The van der Waals surface area contributed by atoms with E-state index in [0.717, 1.165) is 37.8 Å². The fourth-order valence-electron chi connectivity index (χ4n) is 2.64. The van der Waals surface area contributed by atoms with E-state index in [4.69, 9.17) is 5.73 Å². The number of carbonyl (C=O) groups is 1. The number of carbonyl (C=O) groups excluding carboxylic acids is 1. The quantitative estimate of drug-likeness (QED) is 0.658. The molecule has 2 rings (SSSR count). The monoisotopic (exact) mass is 295 g/mol. The van der Waals surface area contributed by atoms with Gasteiger partial charge in [0.05, 0.1) is 4.92 Å². The zero-order chi connectivity index (χ0) is 15.4. The summed E-state index contributed by atoms with van der Waals surface area (Å²) in [6.45, 7) is 0.641. The first-order valence-electron chi connectivity index (χ1n) is 6.96. The summed E-state index contributed by atoms with van der Waals surface area (Å²) < 4.78 is 13.5. The Morgan fingerprint density at radius 1 is 1.38 bits per heavy atom. The van der Waals surface area contributed by atoms with Crippen molar-refractivity contribution in [2.45, 2.75) is 25.7 Å². The molecule has 1 aromatic rings. The van der Waals surface area contributed by atoms with E-state index in [1.165, 1.54) is 6.07 Å². The lowest BCUT2D eigenvalue weighted by Crippen LogP contribution is -2.29. The van der Waals surface area contributed by atoms with Gasteiger partial charge in [-0.05, 0) is 44.2 Å². The first kappa shape index (κ1) is 15.4. The molecule has 1 amide bonds. The lowest BCUT2D eigenvalue weighted by atomic mass is 9.81. The number of nitro benzene ring substituents is 1. The number of anilines is 1. The van der Waals surface area contributed by atoms with E-state index in [0.29, 0.717) is 12.5 Å². The van der Waals surface area contributed by atoms with Crippen molar-refractivity contribution in [2.75, 3.05) is 11.9 Å². The van der Waals surface area contributed by atoms with Crippen molar-refractivity contribution in [3.8, 4) is 0 Å². The molecule has 114 valence electrons. The molecular weight excluding hydrogens is 277 g/mol. The van der Waals surface area contributed by atoms with Gasteiger partial charge in [0.25, 0.3) is 0 Å². The second kappa shape index (κ2) is 6.62. The highest BCUT2D eigenvalue weighted by molar-refractivity contribution is 5.92. The summed E-state index contributed by atoms with van der Waals surface area (Å²) in [4.78, 5) is 21.8. The average Bonchev–Trinajstić information content (AvgIpc) is 2.47. The van der Waals surface area contributed by atoms with Crippen LogP contribution in [0.3, 0.4) is 0 Å². The zero-order valence-electron chi connectivity index (χ0n) is 11.5. The SMILES string of the molecule is NCC1CCC(C(=O)Nc2ccc([N+](=O)[O-])c(F)c2)CC1. The lowest BCUT2D eigenvalue weighted by Gasteiger charge is -2.26. The van der Waals surface area contributed by atoms with Crippen molar-refractivity contribution in [2.24, 2.45) is 17.6 Å². The number of amides is 1. The van der Waals surface area contributed by atoms with Crippen LogP contribution >= 0.6 is 0 Å². The summed E-state index contributed by atoms with van der Waals surface area (Å²) in [5.74, 6) is -0.750. The molecule has 1 aliphatic carbocycles. The molecule has 0 heterocycles. The number of rotatable bonds is 4. The highest BCUT2D eigenvalue weighted by Gasteiger charge is 2.26. The minimum Gasteiger partial charge on any atom is -0.330 e. The molecule has 3 N–H and O–H groups in total. The maximum Gasteiger partial charge on any atom is 0.304 e. The van der Waals surface area contributed by atoms with Gasteiger partial charge in [-0.25, -0.2) is 0 Å². The van der Waals surface area contributed by atoms with Gasteiger partial charge in [0, 0.05) is 23.7 Å². The van der Waals surface area contributed by atoms with Crippen LogP contribution in [0.5, 0.6) is 0 Å². The summed E-state index contributed by atoms with van der Waals surface area (Å²) in [5.41, 5.74) is 5.25. The maximum atomic E-state index is 13.5. The minimum atomic E-state index is -0.954. The van der Waals surface area contributed by atoms with E-state index < -0.39 is 16.4 Å². The number of hydrogen-bond acceptors (Lipinski definition) is 4. The molecule has 21 heavy (non-hydrogen) atoms. The Hall–Kier alpha value is -2.02. The van der Waals surface area contributed by atoms with Crippen LogP contribution in [-0.2, 0) is 4.79 Å². The number of benzene rings is 1. The normalized spacial score (nSPS) is 21.8. The van der Waals surface area contributed by atoms with Gasteiger partial charge in [-0.1, -0.05) is 0 Å². The molecule has 0 aliphatic heterocycles. The minimum absolute atomic E-state index is 0.106. The van der Waals surface area contributed by atoms with Crippen LogP contribution in [0.25, 0.3) is 0 Å². The Balaban J connectivity index is 1.97. The predicted molar refractivity (Wildman–Crippen MR) is 76.2 cm³/mol. The van der Waals surface area contributed by atoms with Gasteiger partial charge in [-0.2, -0.15) is 4.39 Å². The largest absolute Gasteiger partial charge is 0.330 e. The summed E-state index contributed by atoms with van der Waals surface area (Å²) in [5, 5.41) is 13.1. The van der Waals surface area contributed by atoms with Crippen LogP contribution in [0, 0.1) is 27.8 Å². The lowest BCUT2D eigenvalue weighted by molar-refractivity contribution is -0.387. The molecule has 7 heteroatoms.